The molecule has 3 atom stereocenters. The van der Waals surface area contributed by atoms with Crippen molar-refractivity contribution in [1.82, 2.24) is 14.9 Å². The Labute approximate surface area is 221 Å². The van der Waals surface area contributed by atoms with E-state index in [4.69, 9.17) is 19.0 Å². The number of hydrogen-bond acceptors (Lipinski definition) is 5. The maximum absolute atomic E-state index is 13.5. The van der Waals surface area contributed by atoms with Gasteiger partial charge in [-0.15, -0.1) is 0 Å². The Morgan fingerprint density at radius 1 is 1.11 bits per heavy atom. The number of nitrogens with zero attached hydrogens (tertiary/aromatic N) is 2. The number of nitrogens with one attached hydrogen (secondary N) is 1. The first kappa shape index (κ1) is 26.5. The summed E-state index contributed by atoms with van der Waals surface area (Å²) in [5.41, 5.74) is 2.27. The molecule has 4 heterocycles. The van der Waals surface area contributed by atoms with Gasteiger partial charge in [0.05, 0.1) is 35.7 Å². The number of carbonyl (C=O) groups is 1. The third-order valence-electron chi connectivity index (χ3n) is 9.24. The number of benzene rings is 1. The van der Waals surface area contributed by atoms with Gasteiger partial charge in [-0.2, -0.15) is 0 Å². The van der Waals surface area contributed by atoms with E-state index in [0.717, 1.165) is 61.6 Å². The van der Waals surface area contributed by atoms with Crippen LogP contribution in [0.1, 0.15) is 79.6 Å². The number of rotatable bonds is 5. The molecule has 0 saturated carbocycles. The van der Waals surface area contributed by atoms with Gasteiger partial charge in [-0.1, -0.05) is 45.0 Å². The third kappa shape index (κ3) is 4.88. The van der Waals surface area contributed by atoms with E-state index in [9.17, 15) is 4.79 Å². The first-order valence-electron chi connectivity index (χ1n) is 13.8. The molecule has 200 valence electrons. The SMILES string of the molecule is CC(C)[C@H](C)C(=O)N1C[C@]2(CCCOC2)C[C@H]1c1ncc(-c2ccc(B3OC(C)(C)C(C)(C)O3)cc2)[nH]1. The molecule has 0 unspecified atom stereocenters. The number of amides is 1. The van der Waals surface area contributed by atoms with E-state index < -0.39 is 0 Å². The van der Waals surface area contributed by atoms with E-state index in [1.807, 2.05) is 13.1 Å². The lowest BCUT2D eigenvalue weighted by Crippen LogP contribution is -2.41. The third-order valence-corrected chi connectivity index (χ3v) is 9.24. The van der Waals surface area contributed by atoms with Crippen LogP contribution in [0.5, 0.6) is 0 Å². The van der Waals surface area contributed by atoms with Gasteiger partial charge in [-0.05, 0) is 63.9 Å². The highest BCUT2D eigenvalue weighted by Crippen LogP contribution is 2.48. The Morgan fingerprint density at radius 2 is 1.78 bits per heavy atom. The van der Waals surface area contributed by atoms with Crippen molar-refractivity contribution in [2.75, 3.05) is 19.8 Å². The van der Waals surface area contributed by atoms with Gasteiger partial charge in [0.15, 0.2) is 0 Å². The van der Waals surface area contributed by atoms with Crippen LogP contribution < -0.4 is 5.46 Å². The van der Waals surface area contributed by atoms with Crippen molar-refractivity contribution < 1.29 is 18.8 Å². The molecule has 3 fully saturated rings. The molecule has 0 radical (unpaired) electrons. The standard InChI is InChI=1S/C29H42BN3O4/c1-19(2)20(3)26(34)33-17-29(13-8-14-35-18-29)15-24(33)25-31-16-23(32-25)21-9-11-22(12-10-21)30-36-27(4,5)28(6,7)37-30/h9-12,16,19-20,24H,8,13-15,17-18H2,1-7H3,(H,31,32)/t20-,24-,29-/m0/s1. The van der Waals surface area contributed by atoms with Crippen molar-refractivity contribution >= 4 is 18.5 Å². The van der Waals surface area contributed by atoms with E-state index in [0.29, 0.717) is 5.92 Å². The number of aromatic nitrogens is 2. The minimum Gasteiger partial charge on any atom is -0.399 e. The van der Waals surface area contributed by atoms with Crippen LogP contribution in [0.4, 0.5) is 0 Å². The van der Waals surface area contributed by atoms with Crippen molar-refractivity contribution in [1.29, 1.82) is 0 Å². The summed E-state index contributed by atoms with van der Waals surface area (Å²) in [5, 5.41) is 0. The van der Waals surface area contributed by atoms with Crippen molar-refractivity contribution in [3.05, 3.63) is 36.3 Å². The average molecular weight is 507 g/mol. The first-order valence-corrected chi connectivity index (χ1v) is 13.8. The van der Waals surface area contributed by atoms with E-state index in [1.165, 1.54) is 0 Å². The molecule has 1 spiro atoms. The van der Waals surface area contributed by atoms with Crippen LogP contribution >= 0.6 is 0 Å². The largest absolute Gasteiger partial charge is 0.494 e. The lowest BCUT2D eigenvalue weighted by Gasteiger charge is -2.33. The number of likely N-dealkylation sites (tertiary alicyclic amines) is 1. The number of hydrogen-bond donors (Lipinski definition) is 1. The fourth-order valence-corrected chi connectivity index (χ4v) is 5.73. The Hall–Kier alpha value is -2.16. The molecule has 3 saturated heterocycles. The predicted molar refractivity (Wildman–Crippen MR) is 145 cm³/mol. The average Bonchev–Trinajstić information content (AvgIpc) is 3.53. The molecule has 37 heavy (non-hydrogen) atoms. The van der Waals surface area contributed by atoms with Gasteiger partial charge >= 0.3 is 7.12 Å². The molecule has 5 rings (SSSR count). The fraction of sp³-hybridized carbons (Fsp3) is 0.655. The minimum atomic E-state index is -0.383. The molecule has 3 aliphatic rings. The molecule has 1 N–H and O–H groups in total. The second-order valence-electron chi connectivity index (χ2n) is 12.8. The first-order chi connectivity index (χ1) is 17.4. The molecule has 2 aromatic rings. The van der Waals surface area contributed by atoms with E-state index >= 15 is 0 Å². The number of carbonyl (C=O) groups excluding carboxylic acids is 1. The molecule has 8 heteroatoms. The second kappa shape index (κ2) is 9.55. The van der Waals surface area contributed by atoms with E-state index in [2.05, 4.69) is 75.7 Å². The molecule has 3 aliphatic heterocycles. The van der Waals surface area contributed by atoms with Crippen LogP contribution in [0.3, 0.4) is 0 Å². The van der Waals surface area contributed by atoms with Gasteiger partial charge in [0.2, 0.25) is 5.91 Å². The Balaban J connectivity index is 1.36. The highest BCUT2D eigenvalue weighted by Gasteiger charge is 2.52. The molecule has 1 aromatic heterocycles. The van der Waals surface area contributed by atoms with Crippen molar-refractivity contribution in [2.45, 2.75) is 85.0 Å². The monoisotopic (exact) mass is 507 g/mol. The zero-order valence-electron chi connectivity index (χ0n) is 23.5. The maximum atomic E-state index is 13.5. The van der Waals surface area contributed by atoms with Crippen LogP contribution in [-0.2, 0) is 18.8 Å². The minimum absolute atomic E-state index is 0.0205. The summed E-state index contributed by atoms with van der Waals surface area (Å²) in [6, 6.07) is 8.21. The summed E-state index contributed by atoms with van der Waals surface area (Å²) in [4.78, 5) is 24.0. The summed E-state index contributed by atoms with van der Waals surface area (Å²) >= 11 is 0. The predicted octanol–water partition coefficient (Wildman–Crippen LogP) is 4.74. The van der Waals surface area contributed by atoms with Crippen molar-refractivity contribution in [2.24, 2.45) is 17.3 Å². The molecule has 0 bridgehead atoms. The van der Waals surface area contributed by atoms with Crippen molar-refractivity contribution in [3.8, 4) is 11.3 Å². The van der Waals surface area contributed by atoms with Gasteiger partial charge < -0.3 is 23.9 Å². The molecule has 0 aliphatic carbocycles. The number of aromatic amines is 1. The van der Waals surface area contributed by atoms with Crippen LogP contribution in [0, 0.1) is 17.3 Å². The second-order valence-corrected chi connectivity index (χ2v) is 12.8. The zero-order valence-corrected chi connectivity index (χ0v) is 23.5. The number of ether oxygens (including phenoxy) is 1. The van der Waals surface area contributed by atoms with Crippen LogP contribution in [0.15, 0.2) is 30.5 Å². The lowest BCUT2D eigenvalue weighted by molar-refractivity contribution is -0.138. The quantitative estimate of drug-likeness (QED) is 0.592. The van der Waals surface area contributed by atoms with Crippen LogP contribution in [0.2, 0.25) is 0 Å². The summed E-state index contributed by atoms with van der Waals surface area (Å²) in [7, 11) is -0.383. The molecular formula is C29H42BN3O4. The van der Waals surface area contributed by atoms with Gasteiger partial charge in [0.1, 0.15) is 5.82 Å². The Kier molecular flexibility index (Phi) is 6.82. The summed E-state index contributed by atoms with van der Waals surface area (Å²) in [6.45, 7) is 16.8. The summed E-state index contributed by atoms with van der Waals surface area (Å²) in [6.07, 6.45) is 4.91. The number of H-pyrrole nitrogens is 1. The van der Waals surface area contributed by atoms with Gasteiger partial charge in [-0.25, -0.2) is 4.98 Å². The van der Waals surface area contributed by atoms with Crippen LogP contribution in [0.25, 0.3) is 11.3 Å². The van der Waals surface area contributed by atoms with Gasteiger partial charge in [-0.3, -0.25) is 4.79 Å². The highest BCUT2D eigenvalue weighted by molar-refractivity contribution is 6.62. The topological polar surface area (TPSA) is 76.7 Å². The molecule has 1 amide bonds. The molecule has 1 aromatic carbocycles. The molecular weight excluding hydrogens is 465 g/mol. The lowest BCUT2D eigenvalue weighted by atomic mass is 9.79. The molecule has 7 nitrogen and oxygen atoms in total. The summed E-state index contributed by atoms with van der Waals surface area (Å²) in [5.74, 6) is 1.34. The van der Waals surface area contributed by atoms with Crippen LogP contribution in [-0.4, -0.2) is 58.9 Å². The number of imidazole rings is 1. The maximum Gasteiger partial charge on any atom is 0.494 e. The normalized spacial score (nSPS) is 27.8. The van der Waals surface area contributed by atoms with E-state index in [-0.39, 0.29) is 41.6 Å². The van der Waals surface area contributed by atoms with Crippen molar-refractivity contribution in [3.63, 3.8) is 0 Å². The van der Waals surface area contributed by atoms with Gasteiger partial charge in [0.25, 0.3) is 0 Å². The van der Waals surface area contributed by atoms with E-state index in [1.54, 1.807) is 0 Å². The fourth-order valence-electron chi connectivity index (χ4n) is 5.73. The Bertz CT molecular complexity index is 1100. The smallest absolute Gasteiger partial charge is 0.399 e. The highest BCUT2D eigenvalue weighted by atomic mass is 16.7. The zero-order chi connectivity index (χ0) is 26.6. The Morgan fingerprint density at radius 3 is 2.38 bits per heavy atom. The summed E-state index contributed by atoms with van der Waals surface area (Å²) < 4.78 is 18.3. The van der Waals surface area contributed by atoms with Gasteiger partial charge in [0, 0.05) is 24.5 Å².